The van der Waals surface area contributed by atoms with Crippen LogP contribution < -0.4 is 5.32 Å². The van der Waals surface area contributed by atoms with Gasteiger partial charge in [0.25, 0.3) is 0 Å². The summed E-state index contributed by atoms with van der Waals surface area (Å²) >= 11 is 0. The van der Waals surface area contributed by atoms with Crippen LogP contribution in [-0.2, 0) is 4.74 Å². The Kier molecular flexibility index (Phi) is 2.86. The Labute approximate surface area is 99.6 Å². The van der Waals surface area contributed by atoms with Crippen LogP contribution in [0.5, 0.6) is 0 Å². The Hall–Kier alpha value is -0.970. The van der Waals surface area contributed by atoms with Gasteiger partial charge in [-0.3, -0.25) is 0 Å². The molecule has 0 spiro atoms. The first kappa shape index (κ1) is 11.1. The number of hydrogen-bond acceptors (Lipinski definition) is 3. The monoisotopic (exact) mass is 237 g/mol. The number of fused-ring (bicyclic) bond motifs is 1. The molecule has 1 aromatic carbocycles. The minimum atomic E-state index is -0.710. The summed E-state index contributed by atoms with van der Waals surface area (Å²) < 4.78 is 18.9. The number of nitrogens with one attached hydrogen (secondary N) is 1. The minimum Gasteiger partial charge on any atom is -0.386 e. The van der Waals surface area contributed by atoms with Crippen LogP contribution in [0.4, 0.5) is 4.39 Å². The van der Waals surface area contributed by atoms with Crippen molar-refractivity contribution in [2.75, 3.05) is 13.2 Å². The number of benzene rings is 1. The maximum absolute atomic E-state index is 13.2. The van der Waals surface area contributed by atoms with E-state index in [9.17, 15) is 9.50 Å². The SMILES string of the molecule is OC1CO[C@@H](C2CCCN2)c2ccc(F)cc21. The van der Waals surface area contributed by atoms with Gasteiger partial charge in [0.1, 0.15) is 11.9 Å². The largest absolute Gasteiger partial charge is 0.386 e. The second kappa shape index (κ2) is 4.37. The molecule has 3 atom stereocenters. The van der Waals surface area contributed by atoms with Gasteiger partial charge in [0.2, 0.25) is 0 Å². The molecule has 2 heterocycles. The number of halogens is 1. The van der Waals surface area contributed by atoms with Gasteiger partial charge in [0, 0.05) is 6.04 Å². The van der Waals surface area contributed by atoms with Gasteiger partial charge >= 0.3 is 0 Å². The fraction of sp³-hybridized carbons (Fsp3) is 0.538. The molecular formula is C13H16FNO2. The summed E-state index contributed by atoms with van der Waals surface area (Å²) in [5.41, 5.74) is 1.60. The summed E-state index contributed by atoms with van der Waals surface area (Å²) in [4.78, 5) is 0. The number of ether oxygens (including phenoxy) is 1. The Morgan fingerprint density at radius 3 is 3.00 bits per heavy atom. The topological polar surface area (TPSA) is 41.5 Å². The lowest BCUT2D eigenvalue weighted by molar-refractivity contribution is -0.0435. The molecule has 92 valence electrons. The van der Waals surface area contributed by atoms with Crippen molar-refractivity contribution in [2.24, 2.45) is 0 Å². The predicted octanol–water partition coefficient (Wildman–Crippen LogP) is 1.68. The van der Waals surface area contributed by atoms with E-state index in [0.29, 0.717) is 5.56 Å². The third-order valence-corrected chi connectivity index (χ3v) is 3.61. The van der Waals surface area contributed by atoms with Crippen LogP contribution in [0, 0.1) is 5.82 Å². The summed E-state index contributed by atoms with van der Waals surface area (Å²) in [6.45, 7) is 1.25. The number of hydrogen-bond donors (Lipinski definition) is 2. The highest BCUT2D eigenvalue weighted by atomic mass is 19.1. The van der Waals surface area contributed by atoms with Crippen LogP contribution >= 0.6 is 0 Å². The molecule has 0 radical (unpaired) electrons. The molecule has 0 aromatic heterocycles. The molecular weight excluding hydrogens is 221 g/mol. The molecule has 0 saturated carbocycles. The molecule has 2 aliphatic rings. The zero-order valence-corrected chi connectivity index (χ0v) is 9.53. The Balaban J connectivity index is 1.96. The van der Waals surface area contributed by atoms with Crippen LogP contribution in [-0.4, -0.2) is 24.3 Å². The quantitative estimate of drug-likeness (QED) is 0.781. The third-order valence-electron chi connectivity index (χ3n) is 3.61. The van der Waals surface area contributed by atoms with Gasteiger partial charge in [-0.25, -0.2) is 4.39 Å². The van der Waals surface area contributed by atoms with E-state index in [1.165, 1.54) is 12.1 Å². The maximum Gasteiger partial charge on any atom is 0.123 e. The molecule has 2 N–H and O–H groups in total. The molecule has 1 aromatic rings. The van der Waals surface area contributed by atoms with Crippen molar-refractivity contribution in [1.29, 1.82) is 0 Å². The molecule has 0 aliphatic carbocycles. The van der Waals surface area contributed by atoms with E-state index in [2.05, 4.69) is 5.32 Å². The fourth-order valence-electron chi connectivity index (χ4n) is 2.77. The Morgan fingerprint density at radius 1 is 1.35 bits per heavy atom. The minimum absolute atomic E-state index is 0.0588. The summed E-state index contributed by atoms with van der Waals surface area (Å²) in [7, 11) is 0. The number of rotatable bonds is 1. The van der Waals surface area contributed by atoms with E-state index in [1.54, 1.807) is 6.07 Å². The average molecular weight is 237 g/mol. The van der Waals surface area contributed by atoms with Gasteiger partial charge in [-0.1, -0.05) is 6.07 Å². The fourth-order valence-corrected chi connectivity index (χ4v) is 2.77. The normalized spacial score (nSPS) is 32.5. The van der Waals surface area contributed by atoms with Crippen molar-refractivity contribution in [3.63, 3.8) is 0 Å². The van der Waals surface area contributed by atoms with E-state index in [4.69, 9.17) is 4.74 Å². The lowest BCUT2D eigenvalue weighted by atomic mass is 9.91. The second-order valence-corrected chi connectivity index (χ2v) is 4.75. The van der Waals surface area contributed by atoms with Crippen LogP contribution in [0.1, 0.15) is 36.2 Å². The summed E-state index contributed by atoms with van der Waals surface area (Å²) in [5.74, 6) is -0.303. The van der Waals surface area contributed by atoms with Crippen molar-refractivity contribution >= 4 is 0 Å². The van der Waals surface area contributed by atoms with E-state index >= 15 is 0 Å². The van der Waals surface area contributed by atoms with Crippen molar-refractivity contribution in [2.45, 2.75) is 31.1 Å². The Morgan fingerprint density at radius 2 is 2.24 bits per heavy atom. The van der Waals surface area contributed by atoms with Gasteiger partial charge in [-0.15, -0.1) is 0 Å². The second-order valence-electron chi connectivity index (χ2n) is 4.75. The van der Waals surface area contributed by atoms with Crippen molar-refractivity contribution in [1.82, 2.24) is 5.32 Å². The van der Waals surface area contributed by atoms with E-state index < -0.39 is 6.10 Å². The van der Waals surface area contributed by atoms with E-state index in [1.807, 2.05) is 0 Å². The van der Waals surface area contributed by atoms with Gasteiger partial charge in [-0.05, 0) is 42.6 Å². The van der Waals surface area contributed by atoms with Crippen molar-refractivity contribution in [3.8, 4) is 0 Å². The molecule has 1 fully saturated rings. The first-order valence-electron chi connectivity index (χ1n) is 6.08. The van der Waals surface area contributed by atoms with Crippen molar-refractivity contribution in [3.05, 3.63) is 35.1 Å². The van der Waals surface area contributed by atoms with Crippen LogP contribution in [0.2, 0.25) is 0 Å². The molecule has 0 amide bonds. The number of aliphatic hydroxyl groups excluding tert-OH is 1. The van der Waals surface area contributed by atoms with Gasteiger partial charge in [0.15, 0.2) is 0 Å². The predicted molar refractivity (Wildman–Crippen MR) is 61.1 cm³/mol. The zero-order valence-electron chi connectivity index (χ0n) is 9.53. The molecule has 3 nitrogen and oxygen atoms in total. The molecule has 2 unspecified atom stereocenters. The smallest absolute Gasteiger partial charge is 0.123 e. The highest BCUT2D eigenvalue weighted by molar-refractivity contribution is 5.34. The summed E-state index contributed by atoms with van der Waals surface area (Å²) in [6.07, 6.45) is 1.44. The van der Waals surface area contributed by atoms with Crippen LogP contribution in [0.15, 0.2) is 18.2 Å². The molecule has 1 saturated heterocycles. The van der Waals surface area contributed by atoms with Gasteiger partial charge < -0.3 is 15.2 Å². The third kappa shape index (κ3) is 1.97. The molecule has 2 aliphatic heterocycles. The zero-order chi connectivity index (χ0) is 11.8. The highest BCUT2D eigenvalue weighted by Gasteiger charge is 2.33. The average Bonchev–Trinajstić information content (AvgIpc) is 2.84. The molecule has 17 heavy (non-hydrogen) atoms. The maximum atomic E-state index is 13.2. The summed E-state index contributed by atoms with van der Waals surface area (Å²) in [5, 5.41) is 13.2. The lowest BCUT2D eigenvalue weighted by Gasteiger charge is -2.33. The van der Waals surface area contributed by atoms with E-state index in [0.717, 1.165) is 24.9 Å². The van der Waals surface area contributed by atoms with Gasteiger partial charge in [0.05, 0.1) is 12.7 Å². The van der Waals surface area contributed by atoms with Gasteiger partial charge in [-0.2, -0.15) is 0 Å². The first-order valence-corrected chi connectivity index (χ1v) is 6.08. The van der Waals surface area contributed by atoms with Crippen LogP contribution in [0.3, 0.4) is 0 Å². The standard InChI is InChI=1S/C13H16FNO2/c14-8-3-4-9-10(6-8)12(16)7-17-13(9)11-2-1-5-15-11/h3-4,6,11-13,15-16H,1-2,5,7H2/t11?,12?,13-/m1/s1. The molecule has 4 heteroatoms. The van der Waals surface area contributed by atoms with E-state index in [-0.39, 0.29) is 24.6 Å². The molecule has 0 bridgehead atoms. The number of aliphatic hydroxyl groups is 1. The summed E-state index contributed by atoms with van der Waals surface area (Å²) in [6, 6.07) is 4.87. The lowest BCUT2D eigenvalue weighted by Crippen LogP contribution is -2.35. The molecule has 3 rings (SSSR count). The highest BCUT2D eigenvalue weighted by Crippen LogP contribution is 2.36. The van der Waals surface area contributed by atoms with Crippen molar-refractivity contribution < 1.29 is 14.2 Å². The van der Waals surface area contributed by atoms with Crippen LogP contribution in [0.25, 0.3) is 0 Å². The first-order chi connectivity index (χ1) is 8.25. The Bertz CT molecular complexity index is 418.